The van der Waals surface area contributed by atoms with E-state index in [4.69, 9.17) is 4.74 Å². The van der Waals surface area contributed by atoms with Gasteiger partial charge in [0.05, 0.1) is 18.6 Å². The average molecular weight is 448 g/mol. The third-order valence-electron chi connectivity index (χ3n) is 6.96. The van der Waals surface area contributed by atoms with E-state index in [0.29, 0.717) is 0 Å². The van der Waals surface area contributed by atoms with Gasteiger partial charge >= 0.3 is 0 Å². The van der Waals surface area contributed by atoms with Crippen LogP contribution in [-0.4, -0.2) is 13.0 Å². The van der Waals surface area contributed by atoms with Crippen molar-refractivity contribution in [3.63, 3.8) is 0 Å². The maximum atomic E-state index is 14.2. The highest BCUT2D eigenvalue weighted by molar-refractivity contribution is 6.10. The van der Waals surface area contributed by atoms with Crippen LogP contribution in [-0.2, 0) is 16.6 Å². The number of anilines is 1. The lowest BCUT2D eigenvalue weighted by molar-refractivity contribution is -0.134. The highest BCUT2D eigenvalue weighted by Crippen LogP contribution is 2.56. The van der Waals surface area contributed by atoms with E-state index in [9.17, 15) is 4.79 Å². The highest BCUT2D eigenvalue weighted by atomic mass is 16.5. The Hall–Kier alpha value is -3.85. The Morgan fingerprint density at radius 2 is 1.35 bits per heavy atom. The molecule has 0 aromatic heterocycles. The van der Waals surface area contributed by atoms with Crippen molar-refractivity contribution in [1.82, 2.24) is 0 Å². The molecule has 0 spiro atoms. The Labute approximate surface area is 201 Å². The lowest BCUT2D eigenvalue weighted by atomic mass is 9.60. The number of benzene rings is 4. The fourth-order valence-corrected chi connectivity index (χ4v) is 5.30. The average Bonchev–Trinajstić information content (AvgIpc) is 2.91. The fraction of sp³-hybridized carbons (Fsp3) is 0.194. The molecule has 2 atom stereocenters. The molecule has 4 aromatic rings. The molecule has 34 heavy (non-hydrogen) atoms. The predicted molar refractivity (Wildman–Crippen MR) is 137 cm³/mol. The first-order valence-corrected chi connectivity index (χ1v) is 11.9. The van der Waals surface area contributed by atoms with E-state index in [1.807, 2.05) is 59.5 Å². The Morgan fingerprint density at radius 3 is 1.97 bits per heavy atom. The number of hydrogen-bond donors (Lipinski definition) is 0. The van der Waals surface area contributed by atoms with Gasteiger partial charge in [0.1, 0.15) is 5.75 Å². The molecule has 0 radical (unpaired) electrons. The molecule has 3 nitrogen and oxygen atoms in total. The highest BCUT2D eigenvalue weighted by Gasteiger charge is 2.61. The Morgan fingerprint density at radius 1 is 0.765 bits per heavy atom. The zero-order chi connectivity index (χ0) is 23.4. The normalized spacial score (nSPS) is 19.5. The van der Waals surface area contributed by atoms with Gasteiger partial charge in [-0.3, -0.25) is 4.79 Å². The maximum Gasteiger partial charge on any atom is 0.240 e. The largest absolute Gasteiger partial charge is 0.497 e. The molecule has 170 valence electrons. The van der Waals surface area contributed by atoms with Crippen LogP contribution in [0.5, 0.6) is 5.75 Å². The summed E-state index contributed by atoms with van der Waals surface area (Å²) < 4.78 is 5.34. The number of carbonyl (C=O) groups excluding carboxylic acids is 1. The van der Waals surface area contributed by atoms with Gasteiger partial charge in [-0.05, 0) is 60.2 Å². The van der Waals surface area contributed by atoms with Crippen LogP contribution in [0, 0.1) is 0 Å². The first kappa shape index (κ1) is 22.0. The van der Waals surface area contributed by atoms with Crippen molar-refractivity contribution in [1.29, 1.82) is 0 Å². The number of rotatable bonds is 8. The molecule has 5 rings (SSSR count). The van der Waals surface area contributed by atoms with Crippen LogP contribution in [0.4, 0.5) is 5.69 Å². The third kappa shape index (κ3) is 3.88. The first-order valence-electron chi connectivity index (χ1n) is 11.9. The van der Waals surface area contributed by atoms with E-state index >= 15 is 0 Å². The van der Waals surface area contributed by atoms with Crippen molar-refractivity contribution in [3.05, 3.63) is 132 Å². The zero-order valence-corrected chi connectivity index (χ0v) is 19.4. The predicted octanol–water partition coefficient (Wildman–Crippen LogP) is 6.74. The molecule has 0 bridgehead atoms. The number of nitrogens with zero attached hydrogens (tertiary/aromatic N) is 1. The Kier molecular flexibility index (Phi) is 6.18. The molecular formula is C31H29NO2. The van der Waals surface area contributed by atoms with Gasteiger partial charge in [0.2, 0.25) is 5.91 Å². The first-order chi connectivity index (χ1) is 16.7. The zero-order valence-electron chi connectivity index (χ0n) is 19.4. The quantitative estimate of drug-likeness (QED) is 0.280. The molecule has 0 aliphatic carbocycles. The van der Waals surface area contributed by atoms with Gasteiger partial charge in [-0.1, -0.05) is 91.0 Å². The summed E-state index contributed by atoms with van der Waals surface area (Å²) in [7, 11) is 1.66. The van der Waals surface area contributed by atoms with Crippen LogP contribution in [0.25, 0.3) is 0 Å². The van der Waals surface area contributed by atoms with Gasteiger partial charge in [-0.2, -0.15) is 0 Å². The number of β-lactam (4-membered cyclic amide) rings is 1. The summed E-state index contributed by atoms with van der Waals surface area (Å²) in [6.45, 7) is 0. The molecule has 1 saturated heterocycles. The van der Waals surface area contributed by atoms with Gasteiger partial charge in [0, 0.05) is 5.69 Å². The van der Waals surface area contributed by atoms with E-state index < -0.39 is 5.41 Å². The molecule has 1 aliphatic heterocycles. The molecule has 3 heteroatoms. The Bertz CT molecular complexity index is 1220. The molecule has 1 fully saturated rings. The van der Waals surface area contributed by atoms with E-state index in [-0.39, 0.29) is 11.9 Å². The Balaban J connectivity index is 1.56. The topological polar surface area (TPSA) is 29.5 Å². The number of methoxy groups -OCH3 is 1. The van der Waals surface area contributed by atoms with Crippen molar-refractivity contribution in [2.75, 3.05) is 12.0 Å². The summed E-state index contributed by atoms with van der Waals surface area (Å²) in [5.74, 6) is 0.941. The molecule has 1 amide bonds. The fourth-order valence-electron chi connectivity index (χ4n) is 5.30. The van der Waals surface area contributed by atoms with Crippen LogP contribution in [0.1, 0.15) is 35.6 Å². The second-order valence-corrected chi connectivity index (χ2v) is 8.86. The molecule has 1 heterocycles. The lowest BCUT2D eigenvalue weighted by Gasteiger charge is -2.57. The number of aryl methyl sites for hydroxylation is 1. The minimum Gasteiger partial charge on any atom is -0.497 e. The summed E-state index contributed by atoms with van der Waals surface area (Å²) in [6, 6.07) is 39.0. The summed E-state index contributed by atoms with van der Waals surface area (Å²) >= 11 is 0. The maximum absolute atomic E-state index is 14.2. The number of ether oxygens (including phenoxy) is 1. The van der Waals surface area contributed by atoms with Gasteiger partial charge in [-0.15, -0.1) is 0 Å². The molecule has 0 N–H and O–H groups in total. The number of hydrogen-bond acceptors (Lipinski definition) is 2. The van der Waals surface area contributed by atoms with Crippen molar-refractivity contribution in [3.8, 4) is 5.75 Å². The molecular weight excluding hydrogens is 418 g/mol. The van der Waals surface area contributed by atoms with Crippen molar-refractivity contribution < 1.29 is 9.53 Å². The van der Waals surface area contributed by atoms with Gasteiger partial charge in [-0.25, -0.2) is 0 Å². The van der Waals surface area contributed by atoms with Crippen LogP contribution in [0.2, 0.25) is 0 Å². The van der Waals surface area contributed by atoms with E-state index in [1.165, 1.54) is 5.56 Å². The van der Waals surface area contributed by atoms with Crippen molar-refractivity contribution in [2.24, 2.45) is 0 Å². The minimum atomic E-state index is -0.600. The van der Waals surface area contributed by atoms with Crippen molar-refractivity contribution >= 4 is 11.6 Å². The molecule has 0 unspecified atom stereocenters. The second kappa shape index (κ2) is 9.56. The third-order valence-corrected chi connectivity index (χ3v) is 6.96. The standard InChI is InChI=1S/C31H29NO2/c1-34-28-21-19-27(20-22-28)32-29(25-15-7-3-8-16-25)31(30(32)33,26-17-9-4-10-18-26)23-11-14-24-12-5-2-6-13-24/h2-10,12-13,15-22,29H,11,14,23H2,1H3/t29-,31+/m1/s1. The molecule has 0 saturated carbocycles. The summed E-state index contributed by atoms with van der Waals surface area (Å²) in [4.78, 5) is 16.1. The van der Waals surface area contributed by atoms with Gasteiger partial charge in [0.15, 0.2) is 0 Å². The van der Waals surface area contributed by atoms with Crippen LogP contribution >= 0.6 is 0 Å². The number of carbonyl (C=O) groups is 1. The van der Waals surface area contributed by atoms with Crippen molar-refractivity contribution in [2.45, 2.75) is 30.7 Å². The van der Waals surface area contributed by atoms with Crippen LogP contribution in [0.3, 0.4) is 0 Å². The van der Waals surface area contributed by atoms with E-state index in [2.05, 4.69) is 60.7 Å². The van der Waals surface area contributed by atoms with Gasteiger partial charge in [0.25, 0.3) is 0 Å². The van der Waals surface area contributed by atoms with Crippen LogP contribution in [0.15, 0.2) is 115 Å². The second-order valence-electron chi connectivity index (χ2n) is 8.86. The summed E-state index contributed by atoms with van der Waals surface area (Å²) in [5.41, 5.74) is 3.85. The van der Waals surface area contributed by atoms with Gasteiger partial charge < -0.3 is 9.64 Å². The minimum absolute atomic E-state index is 0.0761. The SMILES string of the molecule is COc1ccc(N2C(=O)[C@@](CCCc3ccccc3)(c3ccccc3)[C@H]2c2ccccc2)cc1. The number of amides is 1. The van der Waals surface area contributed by atoms with Crippen LogP contribution < -0.4 is 9.64 Å². The molecule has 4 aromatic carbocycles. The molecule has 1 aliphatic rings. The van der Waals surface area contributed by atoms with E-state index in [0.717, 1.165) is 41.8 Å². The smallest absolute Gasteiger partial charge is 0.240 e. The lowest BCUT2D eigenvalue weighted by Crippen LogP contribution is -2.66. The van der Waals surface area contributed by atoms with E-state index in [1.54, 1.807) is 7.11 Å². The monoisotopic (exact) mass is 447 g/mol. The summed E-state index contributed by atoms with van der Waals surface area (Å²) in [6.07, 6.45) is 2.67. The summed E-state index contributed by atoms with van der Waals surface area (Å²) in [5, 5.41) is 0.